The van der Waals surface area contributed by atoms with Gasteiger partial charge < -0.3 is 0 Å². The van der Waals surface area contributed by atoms with Gasteiger partial charge in [-0.05, 0) is 61.7 Å². The molecule has 1 saturated heterocycles. The van der Waals surface area contributed by atoms with E-state index in [2.05, 4.69) is 4.72 Å². The summed E-state index contributed by atoms with van der Waals surface area (Å²) in [5.74, 6) is -0.435. The van der Waals surface area contributed by atoms with Gasteiger partial charge in [0.2, 0.25) is 10.0 Å². The molecule has 0 aromatic heterocycles. The highest BCUT2D eigenvalue weighted by molar-refractivity contribution is 7.93. The fourth-order valence-electron chi connectivity index (χ4n) is 2.98. The van der Waals surface area contributed by atoms with E-state index >= 15 is 0 Å². The van der Waals surface area contributed by atoms with Crippen molar-refractivity contribution < 1.29 is 21.2 Å². The zero-order chi connectivity index (χ0) is 19.1. The number of halogens is 1. The Morgan fingerprint density at radius 3 is 2.42 bits per heavy atom. The molecule has 1 aliphatic heterocycles. The molecule has 2 aromatic carbocycles. The van der Waals surface area contributed by atoms with Crippen LogP contribution in [0.2, 0.25) is 0 Å². The molecule has 26 heavy (non-hydrogen) atoms. The zero-order valence-corrected chi connectivity index (χ0v) is 16.0. The van der Waals surface area contributed by atoms with E-state index in [0.717, 1.165) is 17.7 Å². The Bertz CT molecular complexity index is 1070. The van der Waals surface area contributed by atoms with Crippen LogP contribution in [-0.2, 0) is 20.0 Å². The molecule has 6 nitrogen and oxygen atoms in total. The minimum absolute atomic E-state index is 0.0326. The zero-order valence-electron chi connectivity index (χ0n) is 14.4. The molecule has 1 aliphatic rings. The van der Waals surface area contributed by atoms with Gasteiger partial charge in [0, 0.05) is 6.54 Å². The normalized spacial score (nSPS) is 16.7. The smallest absolute Gasteiger partial charge is 0.262 e. The molecule has 0 aliphatic carbocycles. The quantitative estimate of drug-likeness (QED) is 0.858. The second-order valence-corrected chi connectivity index (χ2v) is 9.92. The average molecular weight is 398 g/mol. The van der Waals surface area contributed by atoms with Gasteiger partial charge in [0.25, 0.3) is 10.0 Å². The van der Waals surface area contributed by atoms with Crippen molar-refractivity contribution in [1.29, 1.82) is 0 Å². The highest BCUT2D eigenvalue weighted by atomic mass is 32.2. The molecule has 2 aromatic rings. The second kappa shape index (κ2) is 6.55. The Labute approximate surface area is 152 Å². The maximum absolute atomic E-state index is 13.2. The van der Waals surface area contributed by atoms with Crippen LogP contribution in [0.1, 0.15) is 17.5 Å². The Morgan fingerprint density at radius 2 is 1.81 bits per heavy atom. The van der Waals surface area contributed by atoms with Crippen molar-refractivity contribution in [2.75, 3.05) is 21.3 Å². The van der Waals surface area contributed by atoms with Crippen LogP contribution in [0.25, 0.3) is 0 Å². The van der Waals surface area contributed by atoms with Crippen molar-refractivity contribution in [2.24, 2.45) is 0 Å². The number of hydrogen-bond donors (Lipinski definition) is 1. The first-order chi connectivity index (χ1) is 12.1. The molecule has 0 saturated carbocycles. The molecular weight excluding hydrogens is 379 g/mol. The summed E-state index contributed by atoms with van der Waals surface area (Å²) in [6, 6.07) is 8.17. The lowest BCUT2D eigenvalue weighted by molar-refractivity contribution is 0.597. The standard InChI is InChI=1S/C17H19FN2O4S2/c1-12-4-6-15(11-16(12)20-8-3-9-25(20,21)22)19-26(23,24)17-7-5-14(18)10-13(17)2/h4-7,10-11,19H,3,8-9H2,1-2H3. The van der Waals surface area contributed by atoms with Crippen LogP contribution in [-0.4, -0.2) is 29.1 Å². The maximum Gasteiger partial charge on any atom is 0.262 e. The van der Waals surface area contributed by atoms with E-state index in [9.17, 15) is 21.2 Å². The molecule has 3 rings (SSSR count). The summed E-state index contributed by atoms with van der Waals surface area (Å²) >= 11 is 0. The molecule has 0 atom stereocenters. The number of benzene rings is 2. The Kier molecular flexibility index (Phi) is 4.70. The van der Waals surface area contributed by atoms with Gasteiger partial charge in [-0.3, -0.25) is 9.03 Å². The van der Waals surface area contributed by atoms with Crippen LogP contribution >= 0.6 is 0 Å². The van der Waals surface area contributed by atoms with Crippen molar-refractivity contribution in [3.05, 3.63) is 53.3 Å². The van der Waals surface area contributed by atoms with Crippen LogP contribution in [0.5, 0.6) is 0 Å². The van der Waals surface area contributed by atoms with Gasteiger partial charge in [0.15, 0.2) is 0 Å². The lowest BCUT2D eigenvalue weighted by Crippen LogP contribution is -2.26. The van der Waals surface area contributed by atoms with Crippen molar-refractivity contribution in [2.45, 2.75) is 25.2 Å². The van der Waals surface area contributed by atoms with Crippen molar-refractivity contribution in [3.63, 3.8) is 0 Å². The number of nitrogens with zero attached hydrogens (tertiary/aromatic N) is 1. The fraction of sp³-hybridized carbons (Fsp3) is 0.294. The lowest BCUT2D eigenvalue weighted by atomic mass is 10.2. The summed E-state index contributed by atoms with van der Waals surface area (Å²) in [5, 5.41) is 0. The van der Waals surface area contributed by atoms with Gasteiger partial charge in [0.1, 0.15) is 5.82 Å². The van der Waals surface area contributed by atoms with Gasteiger partial charge in [0.05, 0.1) is 22.0 Å². The number of rotatable bonds is 4. The monoisotopic (exact) mass is 398 g/mol. The van der Waals surface area contributed by atoms with Crippen LogP contribution in [0, 0.1) is 19.7 Å². The van der Waals surface area contributed by atoms with E-state index < -0.39 is 25.9 Å². The lowest BCUT2D eigenvalue weighted by Gasteiger charge is -2.20. The molecule has 140 valence electrons. The van der Waals surface area contributed by atoms with Gasteiger partial charge >= 0.3 is 0 Å². The number of hydrogen-bond acceptors (Lipinski definition) is 4. The summed E-state index contributed by atoms with van der Waals surface area (Å²) in [5.41, 5.74) is 1.72. The molecule has 0 amide bonds. The molecule has 0 spiro atoms. The van der Waals surface area contributed by atoms with E-state index in [1.54, 1.807) is 19.1 Å². The predicted molar refractivity (Wildman–Crippen MR) is 98.9 cm³/mol. The molecule has 9 heteroatoms. The highest BCUT2D eigenvalue weighted by Crippen LogP contribution is 2.31. The van der Waals surface area contributed by atoms with Crippen LogP contribution in [0.4, 0.5) is 15.8 Å². The van der Waals surface area contributed by atoms with E-state index in [1.807, 2.05) is 0 Å². The minimum atomic E-state index is -3.93. The molecular formula is C17H19FN2O4S2. The molecule has 1 heterocycles. The Hall–Kier alpha value is -2.13. The summed E-state index contributed by atoms with van der Waals surface area (Å²) < 4.78 is 66.5. The Morgan fingerprint density at radius 1 is 1.08 bits per heavy atom. The second-order valence-electron chi connectivity index (χ2n) is 6.26. The molecule has 1 fully saturated rings. The molecule has 0 bridgehead atoms. The largest absolute Gasteiger partial charge is 0.280 e. The topological polar surface area (TPSA) is 83.6 Å². The first-order valence-electron chi connectivity index (χ1n) is 8.00. The van der Waals surface area contributed by atoms with Crippen LogP contribution in [0.15, 0.2) is 41.3 Å². The summed E-state index contributed by atoms with van der Waals surface area (Å²) in [6.07, 6.45) is 0.534. The third kappa shape index (κ3) is 3.54. The summed E-state index contributed by atoms with van der Waals surface area (Å²) in [4.78, 5) is -0.0326. The van der Waals surface area contributed by atoms with Crippen molar-refractivity contribution in [3.8, 4) is 0 Å². The third-order valence-electron chi connectivity index (χ3n) is 4.26. The first kappa shape index (κ1) is 18.7. The minimum Gasteiger partial charge on any atom is -0.280 e. The van der Waals surface area contributed by atoms with Gasteiger partial charge in [-0.2, -0.15) is 0 Å². The SMILES string of the molecule is Cc1ccc(NS(=O)(=O)c2ccc(F)cc2C)cc1N1CCCS1(=O)=O. The maximum atomic E-state index is 13.2. The highest BCUT2D eigenvalue weighted by Gasteiger charge is 2.29. The Balaban J connectivity index is 1.97. The summed E-state index contributed by atoms with van der Waals surface area (Å²) in [7, 11) is -7.30. The van der Waals surface area contributed by atoms with E-state index in [0.29, 0.717) is 18.7 Å². The van der Waals surface area contributed by atoms with Gasteiger partial charge in [-0.25, -0.2) is 21.2 Å². The van der Waals surface area contributed by atoms with Crippen LogP contribution in [0.3, 0.4) is 0 Å². The number of sulfonamides is 2. The van der Waals surface area contributed by atoms with Gasteiger partial charge in [-0.1, -0.05) is 6.07 Å². The van der Waals surface area contributed by atoms with Crippen molar-refractivity contribution >= 4 is 31.4 Å². The van der Waals surface area contributed by atoms with E-state index in [1.165, 1.54) is 23.4 Å². The van der Waals surface area contributed by atoms with E-state index in [4.69, 9.17) is 0 Å². The number of aryl methyl sites for hydroxylation is 2. The fourth-order valence-corrected chi connectivity index (χ4v) is 5.87. The predicted octanol–water partition coefficient (Wildman–Crippen LogP) is 2.78. The van der Waals surface area contributed by atoms with Crippen LogP contribution < -0.4 is 9.03 Å². The average Bonchev–Trinajstić information content (AvgIpc) is 2.87. The summed E-state index contributed by atoms with van der Waals surface area (Å²) in [6.45, 7) is 3.65. The van der Waals surface area contributed by atoms with Gasteiger partial charge in [-0.15, -0.1) is 0 Å². The number of anilines is 2. The molecule has 0 radical (unpaired) electrons. The van der Waals surface area contributed by atoms with E-state index in [-0.39, 0.29) is 21.9 Å². The third-order valence-corrected chi connectivity index (χ3v) is 7.65. The molecule has 1 N–H and O–H groups in total. The first-order valence-corrected chi connectivity index (χ1v) is 11.1. The molecule has 0 unspecified atom stereocenters. The van der Waals surface area contributed by atoms with Crippen molar-refractivity contribution in [1.82, 2.24) is 0 Å². The number of nitrogens with one attached hydrogen (secondary N) is 1.